The van der Waals surface area contributed by atoms with E-state index >= 15 is 0 Å². The fourth-order valence-corrected chi connectivity index (χ4v) is 2.08. The molecule has 2 rings (SSSR count). The molecule has 0 unspecified atom stereocenters. The van der Waals surface area contributed by atoms with Crippen molar-refractivity contribution < 1.29 is 4.79 Å². The SMILES string of the molecule is CN(C)CCN(C)c1ccc2c(c1)NC(=O)CC2. The Balaban J connectivity index is 2.10. The zero-order valence-electron chi connectivity index (χ0n) is 11.4. The lowest BCUT2D eigenvalue weighted by atomic mass is 10.0. The van der Waals surface area contributed by atoms with Crippen molar-refractivity contribution in [3.05, 3.63) is 23.8 Å². The van der Waals surface area contributed by atoms with Gasteiger partial charge < -0.3 is 15.1 Å². The molecule has 0 fully saturated rings. The van der Waals surface area contributed by atoms with Crippen molar-refractivity contribution in [2.45, 2.75) is 12.8 Å². The average molecular weight is 247 g/mol. The van der Waals surface area contributed by atoms with E-state index in [1.165, 1.54) is 5.56 Å². The van der Waals surface area contributed by atoms with Crippen molar-refractivity contribution in [3.63, 3.8) is 0 Å². The molecule has 1 aromatic rings. The number of fused-ring (bicyclic) bond motifs is 1. The smallest absolute Gasteiger partial charge is 0.224 e. The first kappa shape index (κ1) is 12.9. The predicted octanol–water partition coefficient (Wildman–Crippen LogP) is 1.57. The Morgan fingerprint density at radius 2 is 1.94 bits per heavy atom. The molecule has 0 spiro atoms. The average Bonchev–Trinajstić information content (AvgIpc) is 2.34. The highest BCUT2D eigenvalue weighted by molar-refractivity contribution is 5.94. The van der Waals surface area contributed by atoms with Gasteiger partial charge >= 0.3 is 0 Å². The number of nitrogens with one attached hydrogen (secondary N) is 1. The Kier molecular flexibility index (Phi) is 3.87. The fourth-order valence-electron chi connectivity index (χ4n) is 2.08. The van der Waals surface area contributed by atoms with Crippen LogP contribution in [0.15, 0.2) is 18.2 Å². The number of rotatable bonds is 4. The maximum absolute atomic E-state index is 11.4. The molecule has 1 amide bonds. The maximum atomic E-state index is 11.4. The van der Waals surface area contributed by atoms with Crippen LogP contribution >= 0.6 is 0 Å². The first-order chi connectivity index (χ1) is 8.56. The van der Waals surface area contributed by atoms with Gasteiger partial charge in [0.2, 0.25) is 5.91 Å². The Hall–Kier alpha value is -1.55. The van der Waals surface area contributed by atoms with Gasteiger partial charge in [0.15, 0.2) is 0 Å². The highest BCUT2D eigenvalue weighted by Gasteiger charge is 2.15. The second kappa shape index (κ2) is 5.40. The zero-order valence-corrected chi connectivity index (χ0v) is 11.4. The number of hydrogen-bond acceptors (Lipinski definition) is 3. The number of nitrogens with zero attached hydrogens (tertiary/aromatic N) is 2. The summed E-state index contributed by atoms with van der Waals surface area (Å²) in [5.41, 5.74) is 3.36. The zero-order chi connectivity index (χ0) is 13.1. The standard InChI is InChI=1S/C14H21N3O/c1-16(2)8-9-17(3)12-6-4-11-5-7-14(18)15-13(11)10-12/h4,6,10H,5,7-9H2,1-3H3,(H,15,18). The van der Waals surface area contributed by atoms with E-state index in [1.54, 1.807) is 0 Å². The first-order valence-electron chi connectivity index (χ1n) is 6.35. The predicted molar refractivity (Wildman–Crippen MR) is 75.2 cm³/mol. The highest BCUT2D eigenvalue weighted by atomic mass is 16.1. The number of benzene rings is 1. The van der Waals surface area contributed by atoms with Gasteiger partial charge in [0.05, 0.1) is 0 Å². The molecule has 0 saturated carbocycles. The van der Waals surface area contributed by atoms with Gasteiger partial charge in [-0.25, -0.2) is 0 Å². The molecule has 0 saturated heterocycles. The van der Waals surface area contributed by atoms with Crippen molar-refractivity contribution in [1.29, 1.82) is 0 Å². The molecule has 98 valence electrons. The minimum atomic E-state index is 0.121. The molecule has 4 heteroatoms. The molecular weight excluding hydrogens is 226 g/mol. The van der Waals surface area contributed by atoms with Crippen LogP contribution in [0.4, 0.5) is 11.4 Å². The van der Waals surface area contributed by atoms with Gasteiger partial charge in [0.1, 0.15) is 0 Å². The van der Waals surface area contributed by atoms with Crippen LogP contribution in [0.5, 0.6) is 0 Å². The lowest BCUT2D eigenvalue weighted by Gasteiger charge is -2.24. The number of carbonyl (C=O) groups excluding carboxylic acids is 1. The van der Waals surface area contributed by atoms with Crippen LogP contribution in [0.25, 0.3) is 0 Å². The summed E-state index contributed by atoms with van der Waals surface area (Å²) in [4.78, 5) is 15.8. The number of hydrogen-bond donors (Lipinski definition) is 1. The second-order valence-electron chi connectivity index (χ2n) is 5.11. The lowest BCUT2D eigenvalue weighted by Crippen LogP contribution is -2.28. The minimum Gasteiger partial charge on any atom is -0.373 e. The van der Waals surface area contributed by atoms with E-state index in [2.05, 4.69) is 54.5 Å². The monoisotopic (exact) mass is 247 g/mol. The fraction of sp³-hybridized carbons (Fsp3) is 0.500. The number of likely N-dealkylation sites (N-methyl/N-ethyl adjacent to an activating group) is 2. The van der Waals surface area contributed by atoms with Crippen LogP contribution in [0.3, 0.4) is 0 Å². The third-order valence-corrected chi connectivity index (χ3v) is 3.31. The Bertz CT molecular complexity index is 443. The molecule has 1 N–H and O–H groups in total. The number of amides is 1. The number of aryl methyl sites for hydroxylation is 1. The molecule has 4 nitrogen and oxygen atoms in total. The van der Waals surface area contributed by atoms with E-state index in [-0.39, 0.29) is 5.91 Å². The molecule has 0 aromatic heterocycles. The van der Waals surface area contributed by atoms with E-state index in [9.17, 15) is 4.79 Å². The molecule has 0 radical (unpaired) electrons. The van der Waals surface area contributed by atoms with Crippen LogP contribution in [0.2, 0.25) is 0 Å². The summed E-state index contributed by atoms with van der Waals surface area (Å²) in [5, 5.41) is 2.94. The van der Waals surface area contributed by atoms with Crippen LogP contribution < -0.4 is 10.2 Å². The van der Waals surface area contributed by atoms with Gasteiger partial charge in [-0.15, -0.1) is 0 Å². The van der Waals surface area contributed by atoms with Gasteiger partial charge in [-0.05, 0) is 38.2 Å². The molecule has 18 heavy (non-hydrogen) atoms. The lowest BCUT2D eigenvalue weighted by molar-refractivity contribution is -0.116. The summed E-state index contributed by atoms with van der Waals surface area (Å²) in [6, 6.07) is 6.32. The molecule has 0 atom stereocenters. The quantitative estimate of drug-likeness (QED) is 0.877. The van der Waals surface area contributed by atoms with E-state index < -0.39 is 0 Å². The van der Waals surface area contributed by atoms with E-state index in [4.69, 9.17) is 0 Å². The molecular formula is C14H21N3O. The van der Waals surface area contributed by atoms with Crippen LogP contribution in [0.1, 0.15) is 12.0 Å². The minimum absolute atomic E-state index is 0.121. The third kappa shape index (κ3) is 3.01. The molecule has 0 bridgehead atoms. The van der Waals surface area contributed by atoms with Crippen molar-refractivity contribution >= 4 is 17.3 Å². The summed E-state index contributed by atoms with van der Waals surface area (Å²) >= 11 is 0. The van der Waals surface area contributed by atoms with Crippen molar-refractivity contribution in [1.82, 2.24) is 4.90 Å². The van der Waals surface area contributed by atoms with E-state index in [0.29, 0.717) is 6.42 Å². The van der Waals surface area contributed by atoms with Gasteiger partial charge in [-0.2, -0.15) is 0 Å². The number of carbonyl (C=O) groups is 1. The largest absolute Gasteiger partial charge is 0.373 e. The van der Waals surface area contributed by atoms with Crippen molar-refractivity contribution in [2.24, 2.45) is 0 Å². The highest BCUT2D eigenvalue weighted by Crippen LogP contribution is 2.27. The molecule has 1 aliphatic heterocycles. The van der Waals surface area contributed by atoms with Gasteiger partial charge in [0.25, 0.3) is 0 Å². The van der Waals surface area contributed by atoms with Crippen LogP contribution in [0, 0.1) is 0 Å². The maximum Gasteiger partial charge on any atom is 0.224 e. The topological polar surface area (TPSA) is 35.6 Å². The summed E-state index contributed by atoms with van der Waals surface area (Å²) < 4.78 is 0. The third-order valence-electron chi connectivity index (χ3n) is 3.31. The first-order valence-corrected chi connectivity index (χ1v) is 6.35. The van der Waals surface area contributed by atoms with Crippen LogP contribution in [-0.4, -0.2) is 45.0 Å². The Labute approximate surface area is 109 Å². The molecule has 1 heterocycles. The molecule has 0 aliphatic carbocycles. The van der Waals surface area contributed by atoms with Crippen LogP contribution in [-0.2, 0) is 11.2 Å². The van der Waals surface area contributed by atoms with E-state index in [0.717, 1.165) is 30.9 Å². The van der Waals surface area contributed by atoms with Gasteiger partial charge in [-0.1, -0.05) is 6.07 Å². The molecule has 1 aliphatic rings. The molecule has 1 aromatic carbocycles. The summed E-state index contributed by atoms with van der Waals surface area (Å²) in [7, 11) is 6.22. The van der Waals surface area contributed by atoms with Crippen molar-refractivity contribution in [2.75, 3.05) is 44.4 Å². The van der Waals surface area contributed by atoms with Crippen molar-refractivity contribution in [3.8, 4) is 0 Å². The van der Waals surface area contributed by atoms with Gasteiger partial charge in [-0.3, -0.25) is 4.79 Å². The van der Waals surface area contributed by atoms with E-state index in [1.807, 2.05) is 0 Å². The summed E-state index contributed by atoms with van der Waals surface area (Å²) in [5.74, 6) is 0.121. The Morgan fingerprint density at radius 3 is 2.67 bits per heavy atom. The Morgan fingerprint density at radius 1 is 1.17 bits per heavy atom. The second-order valence-corrected chi connectivity index (χ2v) is 5.11. The normalized spacial score (nSPS) is 14.3. The summed E-state index contributed by atoms with van der Waals surface area (Å²) in [6.07, 6.45) is 1.45. The van der Waals surface area contributed by atoms with Gasteiger partial charge in [0, 0.05) is 37.9 Å². The number of anilines is 2. The summed E-state index contributed by atoms with van der Waals surface area (Å²) in [6.45, 7) is 1.99.